The molecule has 0 aliphatic heterocycles. The third kappa shape index (κ3) is 3.88. The second-order valence-corrected chi connectivity index (χ2v) is 7.48. The Hall–Kier alpha value is -3.51. The Morgan fingerprint density at radius 3 is 2.28 bits per heavy atom. The number of thiophene rings is 1. The molecule has 1 aromatic heterocycles. The van der Waals surface area contributed by atoms with Gasteiger partial charge < -0.3 is 10.5 Å². The maximum atomic E-state index is 13.1. The molecular formula is C23H16FNO3S. The van der Waals surface area contributed by atoms with Crippen LogP contribution in [0, 0.1) is 5.82 Å². The zero-order valence-corrected chi connectivity index (χ0v) is 16.0. The lowest BCUT2D eigenvalue weighted by atomic mass is 10.1. The number of nitrogen functional groups attached to an aromatic ring is 1. The van der Waals surface area contributed by atoms with E-state index in [9.17, 15) is 14.0 Å². The smallest absolute Gasteiger partial charge is 0.206 e. The Morgan fingerprint density at radius 1 is 0.897 bits per heavy atom. The van der Waals surface area contributed by atoms with Crippen LogP contribution in [0.15, 0.2) is 72.8 Å². The van der Waals surface area contributed by atoms with Gasteiger partial charge >= 0.3 is 0 Å². The predicted molar refractivity (Wildman–Crippen MR) is 112 cm³/mol. The largest absolute Gasteiger partial charge is 0.483 e. The van der Waals surface area contributed by atoms with Crippen LogP contribution in [-0.2, 0) is 0 Å². The number of ketones is 2. The molecule has 0 spiro atoms. The first kappa shape index (κ1) is 18.8. The maximum absolute atomic E-state index is 13.1. The van der Waals surface area contributed by atoms with Gasteiger partial charge in [0.05, 0.1) is 0 Å². The third-order valence-corrected chi connectivity index (χ3v) is 5.59. The predicted octanol–water partition coefficient (Wildman–Crippen LogP) is 5.12. The number of carbonyl (C=O) groups excluding carboxylic acids is 2. The molecule has 1 heterocycles. The fourth-order valence-corrected chi connectivity index (χ4v) is 4.05. The molecule has 0 amide bonds. The summed E-state index contributed by atoms with van der Waals surface area (Å²) >= 11 is 1.31. The van der Waals surface area contributed by atoms with Gasteiger partial charge in [-0.3, -0.25) is 9.59 Å². The minimum absolute atomic E-state index is 0.199. The van der Waals surface area contributed by atoms with E-state index in [2.05, 4.69) is 0 Å². The van der Waals surface area contributed by atoms with Crippen LogP contribution < -0.4 is 10.5 Å². The van der Waals surface area contributed by atoms with E-state index in [0.717, 1.165) is 10.1 Å². The molecule has 0 unspecified atom stereocenters. The fraction of sp³-hybridized carbons (Fsp3) is 0.0435. The molecule has 0 aliphatic carbocycles. The van der Waals surface area contributed by atoms with E-state index in [1.165, 1.54) is 35.6 Å². The standard InChI is InChI=1S/C23H16FNO3S/c24-16-9-5-14(6-10-16)19(26)13-28-22-18-3-1-2-4-20(18)29-23(22)21(27)15-7-11-17(25)12-8-15/h1-12H,13,25H2. The summed E-state index contributed by atoms with van der Waals surface area (Å²) in [5.74, 6) is -0.535. The van der Waals surface area contributed by atoms with Crippen molar-refractivity contribution in [3.05, 3.63) is 94.6 Å². The van der Waals surface area contributed by atoms with E-state index in [0.29, 0.717) is 27.4 Å². The molecule has 4 rings (SSSR count). The molecule has 0 bridgehead atoms. The summed E-state index contributed by atoms with van der Waals surface area (Å²) in [6.07, 6.45) is 0. The number of rotatable bonds is 6. The number of ether oxygens (including phenoxy) is 1. The number of anilines is 1. The van der Waals surface area contributed by atoms with Crippen molar-refractivity contribution in [1.29, 1.82) is 0 Å². The normalized spacial score (nSPS) is 10.8. The molecule has 0 saturated heterocycles. The summed E-state index contributed by atoms with van der Waals surface area (Å²) in [5.41, 5.74) is 7.11. The fourth-order valence-electron chi connectivity index (χ4n) is 2.94. The van der Waals surface area contributed by atoms with Crippen LogP contribution in [0.3, 0.4) is 0 Å². The molecule has 4 nitrogen and oxygen atoms in total. The van der Waals surface area contributed by atoms with Gasteiger partial charge in [0.1, 0.15) is 16.4 Å². The van der Waals surface area contributed by atoms with Crippen molar-refractivity contribution in [2.45, 2.75) is 0 Å². The molecule has 0 radical (unpaired) electrons. The zero-order chi connectivity index (χ0) is 20.4. The molecule has 4 aromatic rings. The molecular weight excluding hydrogens is 389 g/mol. The second kappa shape index (κ2) is 7.85. The van der Waals surface area contributed by atoms with E-state index in [-0.39, 0.29) is 18.2 Å². The highest BCUT2D eigenvalue weighted by molar-refractivity contribution is 7.21. The van der Waals surface area contributed by atoms with Gasteiger partial charge in [-0.05, 0) is 60.7 Å². The van der Waals surface area contributed by atoms with Crippen LogP contribution in [-0.4, -0.2) is 18.2 Å². The molecule has 29 heavy (non-hydrogen) atoms. The lowest BCUT2D eigenvalue weighted by Gasteiger charge is -2.08. The first-order valence-corrected chi connectivity index (χ1v) is 9.68. The summed E-state index contributed by atoms with van der Waals surface area (Å²) in [6.45, 7) is -0.256. The van der Waals surface area contributed by atoms with E-state index >= 15 is 0 Å². The number of Topliss-reactive ketones (excluding diaryl/α,β-unsaturated/α-hetero) is 1. The van der Waals surface area contributed by atoms with E-state index in [1.54, 1.807) is 24.3 Å². The number of nitrogens with two attached hydrogens (primary N) is 1. The number of carbonyl (C=O) groups is 2. The van der Waals surface area contributed by atoms with Gasteiger partial charge in [-0.1, -0.05) is 12.1 Å². The topological polar surface area (TPSA) is 69.4 Å². The molecule has 144 valence electrons. The molecule has 0 saturated carbocycles. The monoisotopic (exact) mass is 405 g/mol. The molecule has 0 fully saturated rings. The first-order chi connectivity index (χ1) is 14.0. The average molecular weight is 405 g/mol. The highest BCUT2D eigenvalue weighted by Gasteiger charge is 2.22. The van der Waals surface area contributed by atoms with Gasteiger partial charge in [-0.15, -0.1) is 11.3 Å². The molecule has 0 aliphatic rings. The van der Waals surface area contributed by atoms with E-state index in [4.69, 9.17) is 10.5 Å². The van der Waals surface area contributed by atoms with Crippen LogP contribution in [0.25, 0.3) is 10.1 Å². The van der Waals surface area contributed by atoms with Crippen molar-refractivity contribution in [2.75, 3.05) is 12.3 Å². The van der Waals surface area contributed by atoms with Gasteiger partial charge in [0.25, 0.3) is 0 Å². The lowest BCUT2D eigenvalue weighted by Crippen LogP contribution is -2.13. The third-order valence-electron chi connectivity index (χ3n) is 4.44. The quantitative estimate of drug-likeness (QED) is 0.357. The van der Waals surface area contributed by atoms with Crippen LogP contribution in [0.2, 0.25) is 0 Å². The van der Waals surface area contributed by atoms with Crippen molar-refractivity contribution in [2.24, 2.45) is 0 Å². The minimum Gasteiger partial charge on any atom is -0.483 e. The molecule has 3 aromatic carbocycles. The summed E-state index contributed by atoms with van der Waals surface area (Å²) in [6, 6.07) is 19.4. The van der Waals surface area contributed by atoms with Crippen molar-refractivity contribution < 1.29 is 18.7 Å². The molecule has 6 heteroatoms. The highest BCUT2D eigenvalue weighted by Crippen LogP contribution is 2.39. The Morgan fingerprint density at radius 2 is 1.55 bits per heavy atom. The number of hydrogen-bond acceptors (Lipinski definition) is 5. The van der Waals surface area contributed by atoms with E-state index in [1.807, 2.05) is 24.3 Å². The number of fused-ring (bicyclic) bond motifs is 1. The lowest BCUT2D eigenvalue weighted by molar-refractivity contribution is 0.0917. The van der Waals surface area contributed by atoms with Crippen molar-refractivity contribution in [1.82, 2.24) is 0 Å². The summed E-state index contributed by atoms with van der Waals surface area (Å²) in [5, 5.41) is 0.767. The van der Waals surface area contributed by atoms with Crippen molar-refractivity contribution in [3.63, 3.8) is 0 Å². The molecule has 2 N–H and O–H groups in total. The minimum atomic E-state index is -0.414. The second-order valence-electron chi connectivity index (χ2n) is 6.43. The van der Waals surface area contributed by atoms with Gasteiger partial charge in [0, 0.05) is 26.9 Å². The highest BCUT2D eigenvalue weighted by atomic mass is 32.1. The van der Waals surface area contributed by atoms with Gasteiger partial charge in [0.15, 0.2) is 12.4 Å². The SMILES string of the molecule is Nc1ccc(C(=O)c2sc3ccccc3c2OCC(=O)c2ccc(F)cc2)cc1. The van der Waals surface area contributed by atoms with E-state index < -0.39 is 5.82 Å². The van der Waals surface area contributed by atoms with Gasteiger partial charge in [-0.25, -0.2) is 4.39 Å². The summed E-state index contributed by atoms with van der Waals surface area (Å²) < 4.78 is 19.8. The van der Waals surface area contributed by atoms with Gasteiger partial charge in [-0.2, -0.15) is 0 Å². The Balaban J connectivity index is 1.66. The van der Waals surface area contributed by atoms with Crippen molar-refractivity contribution >= 4 is 38.7 Å². The van der Waals surface area contributed by atoms with Crippen LogP contribution in [0.5, 0.6) is 5.75 Å². The molecule has 0 atom stereocenters. The summed E-state index contributed by atoms with van der Waals surface area (Å²) in [4.78, 5) is 25.9. The average Bonchev–Trinajstić information content (AvgIpc) is 3.11. The Labute approximate surface area is 170 Å². The Kier molecular flexibility index (Phi) is 5.10. The number of halogens is 1. The first-order valence-electron chi connectivity index (χ1n) is 8.86. The summed E-state index contributed by atoms with van der Waals surface area (Å²) in [7, 11) is 0. The Bertz CT molecular complexity index is 1200. The van der Waals surface area contributed by atoms with Crippen LogP contribution in [0.1, 0.15) is 25.6 Å². The van der Waals surface area contributed by atoms with Gasteiger partial charge in [0.2, 0.25) is 5.78 Å². The number of hydrogen-bond donors (Lipinski definition) is 1. The van der Waals surface area contributed by atoms with Crippen LogP contribution >= 0.6 is 11.3 Å². The zero-order valence-electron chi connectivity index (χ0n) is 15.2. The van der Waals surface area contributed by atoms with Crippen LogP contribution in [0.4, 0.5) is 10.1 Å². The maximum Gasteiger partial charge on any atom is 0.206 e. The van der Waals surface area contributed by atoms with Crippen molar-refractivity contribution in [3.8, 4) is 5.75 Å². The number of benzene rings is 3.